The molecule has 2 N–H and O–H groups in total. The van der Waals surface area contributed by atoms with E-state index in [0.29, 0.717) is 11.3 Å². The molecular formula is C22H31N3O3S. The van der Waals surface area contributed by atoms with E-state index in [1.54, 1.807) is 30.9 Å². The van der Waals surface area contributed by atoms with Crippen molar-refractivity contribution in [2.24, 2.45) is 5.92 Å². The van der Waals surface area contributed by atoms with Crippen molar-refractivity contribution in [3.05, 3.63) is 35.4 Å². The highest BCUT2D eigenvalue weighted by molar-refractivity contribution is 8.00. The number of amides is 4. The van der Waals surface area contributed by atoms with E-state index < -0.39 is 0 Å². The predicted octanol–water partition coefficient (Wildman–Crippen LogP) is 3.16. The summed E-state index contributed by atoms with van der Waals surface area (Å²) in [6.45, 7) is 8.42. The Hall–Kier alpha value is -2.02. The van der Waals surface area contributed by atoms with Crippen LogP contribution in [0.15, 0.2) is 24.3 Å². The van der Waals surface area contributed by atoms with Gasteiger partial charge >= 0.3 is 6.03 Å². The molecule has 2 aliphatic rings. The number of thioether (sulfide) groups is 1. The summed E-state index contributed by atoms with van der Waals surface area (Å²) in [6.07, 6.45) is 1.65. The fourth-order valence-corrected chi connectivity index (χ4v) is 5.94. The molecule has 0 spiro atoms. The Morgan fingerprint density at radius 2 is 1.93 bits per heavy atom. The number of fused-ring (bicyclic) bond motifs is 1. The summed E-state index contributed by atoms with van der Waals surface area (Å²) in [4.78, 5) is 39.6. The second-order valence-electron chi connectivity index (χ2n) is 8.85. The maximum Gasteiger partial charge on any atom is 0.325 e. The minimum absolute atomic E-state index is 0.00114. The molecule has 2 fully saturated rings. The van der Waals surface area contributed by atoms with Gasteiger partial charge in [0.1, 0.15) is 0 Å². The SMILES string of the molecule is CCCC(C(=O)NC)[C@@H]1SC[C@H]2[C@@H]1NC(=O)N2C(=O)c1ccc(C(C)(C)C)cc1. The molecule has 29 heavy (non-hydrogen) atoms. The van der Waals surface area contributed by atoms with Gasteiger partial charge in [0, 0.05) is 23.6 Å². The molecule has 4 amide bonds. The number of carbonyl (C=O) groups excluding carboxylic acids is 3. The third-order valence-corrected chi connectivity index (χ3v) is 7.41. The third kappa shape index (κ3) is 4.15. The lowest BCUT2D eigenvalue weighted by Gasteiger charge is -2.25. The van der Waals surface area contributed by atoms with Crippen molar-refractivity contribution < 1.29 is 14.4 Å². The quantitative estimate of drug-likeness (QED) is 0.722. The maximum absolute atomic E-state index is 13.1. The average Bonchev–Trinajstić information content (AvgIpc) is 3.22. The first-order valence-electron chi connectivity index (χ1n) is 10.3. The van der Waals surface area contributed by atoms with Crippen LogP contribution in [0.5, 0.6) is 0 Å². The van der Waals surface area contributed by atoms with Gasteiger partial charge in [0.05, 0.1) is 18.0 Å². The minimum atomic E-state index is -0.359. The first-order valence-corrected chi connectivity index (χ1v) is 11.3. The maximum atomic E-state index is 13.1. The van der Waals surface area contributed by atoms with Gasteiger partial charge in [-0.25, -0.2) is 4.79 Å². The summed E-state index contributed by atoms with van der Waals surface area (Å²) in [7, 11) is 1.65. The fraction of sp³-hybridized carbons (Fsp3) is 0.591. The third-order valence-electron chi connectivity index (χ3n) is 5.86. The molecule has 158 valence electrons. The van der Waals surface area contributed by atoms with Crippen LogP contribution in [0, 0.1) is 5.92 Å². The van der Waals surface area contributed by atoms with E-state index in [4.69, 9.17) is 0 Å². The van der Waals surface area contributed by atoms with Crippen molar-refractivity contribution in [3.8, 4) is 0 Å². The lowest BCUT2D eigenvalue weighted by Crippen LogP contribution is -2.45. The second kappa shape index (κ2) is 8.38. The molecule has 3 rings (SSSR count). The van der Waals surface area contributed by atoms with Gasteiger partial charge < -0.3 is 10.6 Å². The van der Waals surface area contributed by atoms with E-state index in [9.17, 15) is 14.4 Å². The van der Waals surface area contributed by atoms with Crippen LogP contribution in [0.4, 0.5) is 4.79 Å². The van der Waals surface area contributed by atoms with Gasteiger partial charge in [-0.05, 0) is 29.5 Å². The number of rotatable bonds is 5. The minimum Gasteiger partial charge on any atom is -0.359 e. The molecular weight excluding hydrogens is 386 g/mol. The average molecular weight is 418 g/mol. The van der Waals surface area contributed by atoms with Crippen LogP contribution in [0.25, 0.3) is 0 Å². The molecule has 1 aromatic rings. The van der Waals surface area contributed by atoms with Gasteiger partial charge in [-0.2, -0.15) is 11.8 Å². The van der Waals surface area contributed by atoms with Gasteiger partial charge in [-0.1, -0.05) is 46.2 Å². The van der Waals surface area contributed by atoms with Gasteiger partial charge in [-0.3, -0.25) is 14.5 Å². The van der Waals surface area contributed by atoms with Crippen molar-refractivity contribution in [1.82, 2.24) is 15.5 Å². The normalized spacial score (nSPS) is 24.8. The van der Waals surface area contributed by atoms with Gasteiger partial charge in [0.2, 0.25) is 5.91 Å². The van der Waals surface area contributed by atoms with Crippen LogP contribution >= 0.6 is 11.8 Å². The molecule has 0 aromatic heterocycles. The fourth-order valence-electron chi connectivity index (χ4n) is 4.21. The van der Waals surface area contributed by atoms with Crippen molar-refractivity contribution in [2.75, 3.05) is 12.8 Å². The molecule has 7 heteroatoms. The van der Waals surface area contributed by atoms with Crippen molar-refractivity contribution in [2.45, 2.75) is 63.3 Å². The first-order chi connectivity index (χ1) is 13.7. The Bertz CT molecular complexity index is 787. The lowest BCUT2D eigenvalue weighted by molar-refractivity contribution is -0.124. The van der Waals surface area contributed by atoms with E-state index in [1.807, 2.05) is 12.1 Å². The monoisotopic (exact) mass is 417 g/mol. The molecule has 0 bridgehead atoms. The molecule has 2 heterocycles. The predicted molar refractivity (Wildman–Crippen MR) is 116 cm³/mol. The number of nitrogens with one attached hydrogen (secondary N) is 2. The van der Waals surface area contributed by atoms with Crippen molar-refractivity contribution >= 4 is 29.6 Å². The van der Waals surface area contributed by atoms with Crippen LogP contribution in [-0.2, 0) is 10.2 Å². The van der Waals surface area contributed by atoms with E-state index in [-0.39, 0.29) is 46.5 Å². The largest absolute Gasteiger partial charge is 0.359 e. The highest BCUT2D eigenvalue weighted by Gasteiger charge is 2.53. The number of hydrogen-bond donors (Lipinski definition) is 2. The van der Waals surface area contributed by atoms with Crippen molar-refractivity contribution in [1.29, 1.82) is 0 Å². The Kier molecular flexibility index (Phi) is 6.27. The van der Waals surface area contributed by atoms with Crippen LogP contribution in [0.2, 0.25) is 0 Å². The molecule has 2 saturated heterocycles. The molecule has 0 saturated carbocycles. The van der Waals surface area contributed by atoms with E-state index in [1.165, 1.54) is 4.90 Å². The zero-order valence-corrected chi connectivity index (χ0v) is 18.6. The lowest BCUT2D eigenvalue weighted by atomic mass is 9.86. The van der Waals surface area contributed by atoms with E-state index in [0.717, 1.165) is 18.4 Å². The van der Waals surface area contributed by atoms with Gasteiger partial charge in [0.15, 0.2) is 0 Å². The highest BCUT2D eigenvalue weighted by atomic mass is 32.2. The van der Waals surface area contributed by atoms with Gasteiger partial charge in [0.25, 0.3) is 5.91 Å². The summed E-state index contributed by atoms with van der Waals surface area (Å²) < 4.78 is 0. The van der Waals surface area contributed by atoms with E-state index in [2.05, 4.69) is 38.3 Å². The smallest absolute Gasteiger partial charge is 0.325 e. The number of carbonyl (C=O) groups is 3. The summed E-state index contributed by atoms with van der Waals surface area (Å²) in [5.41, 5.74) is 1.65. The van der Waals surface area contributed by atoms with E-state index >= 15 is 0 Å². The number of urea groups is 1. The first kappa shape index (κ1) is 21.7. The van der Waals surface area contributed by atoms with Gasteiger partial charge in [-0.15, -0.1) is 0 Å². The molecule has 4 atom stereocenters. The molecule has 6 nitrogen and oxygen atoms in total. The summed E-state index contributed by atoms with van der Waals surface area (Å²) in [6, 6.07) is 6.72. The van der Waals surface area contributed by atoms with Crippen LogP contribution in [0.1, 0.15) is 56.5 Å². The molecule has 1 unspecified atom stereocenters. The standard InChI is InChI=1S/C22H31N3O3S/c1-6-7-15(19(26)23-5)18-17-16(12-29-18)25(21(28)24-17)20(27)13-8-10-14(11-9-13)22(2,3)4/h8-11,15-18H,6-7,12H2,1-5H3,(H,23,26)(H,24,28)/t15?,16-,17-,18-/m0/s1. The second-order valence-corrected chi connectivity index (χ2v) is 10.1. The molecule has 1 aromatic carbocycles. The Morgan fingerprint density at radius 3 is 2.48 bits per heavy atom. The zero-order valence-electron chi connectivity index (χ0n) is 17.8. The number of hydrogen-bond acceptors (Lipinski definition) is 4. The van der Waals surface area contributed by atoms with Crippen molar-refractivity contribution in [3.63, 3.8) is 0 Å². The number of imide groups is 1. The highest BCUT2D eigenvalue weighted by Crippen LogP contribution is 2.40. The Labute approximate surface area is 177 Å². The van der Waals surface area contributed by atoms with Crippen LogP contribution < -0.4 is 10.6 Å². The van der Waals surface area contributed by atoms with Crippen LogP contribution in [0.3, 0.4) is 0 Å². The molecule has 2 aliphatic heterocycles. The molecule has 0 aliphatic carbocycles. The number of benzene rings is 1. The summed E-state index contributed by atoms with van der Waals surface area (Å²) in [5, 5.41) is 5.71. The van der Waals surface area contributed by atoms with Crippen LogP contribution in [-0.4, -0.2) is 52.9 Å². The topological polar surface area (TPSA) is 78.5 Å². The Balaban J connectivity index is 1.80. The Morgan fingerprint density at radius 1 is 1.28 bits per heavy atom. The molecule has 0 radical (unpaired) electrons. The zero-order chi connectivity index (χ0) is 21.3. The number of nitrogens with zero attached hydrogens (tertiary/aromatic N) is 1. The summed E-state index contributed by atoms with van der Waals surface area (Å²) >= 11 is 1.68. The summed E-state index contributed by atoms with van der Waals surface area (Å²) in [5.74, 6) is 0.203.